The van der Waals surface area contributed by atoms with Gasteiger partial charge in [-0.25, -0.2) is 9.97 Å². The summed E-state index contributed by atoms with van der Waals surface area (Å²) in [5, 5.41) is 21.6. The van der Waals surface area contributed by atoms with Crippen LogP contribution in [0.4, 0.5) is 0 Å². The number of rotatable bonds is 7. The second kappa shape index (κ2) is 14.2. The Hall–Kier alpha value is -4.63. The molecular weight excluding hydrogens is 584 g/mol. The Morgan fingerprint density at radius 3 is 1.65 bits per heavy atom. The van der Waals surface area contributed by atoms with Crippen molar-refractivity contribution < 1.29 is 29.3 Å². The number of H-pyrrole nitrogens is 2. The van der Waals surface area contributed by atoms with Crippen molar-refractivity contribution in [2.24, 2.45) is 0 Å². The highest BCUT2D eigenvalue weighted by molar-refractivity contribution is 5.97. The van der Waals surface area contributed by atoms with Crippen LogP contribution in [0.25, 0.3) is 44.4 Å². The van der Waals surface area contributed by atoms with Gasteiger partial charge in [0.05, 0.1) is 42.1 Å². The number of methoxy groups -OCH3 is 1. The maximum absolute atomic E-state index is 12.1. The Bertz CT molecular complexity index is 1930. The molecule has 8 bridgehead atoms. The molecule has 10 heteroatoms. The average molecular weight is 627 g/mol. The van der Waals surface area contributed by atoms with E-state index in [1.54, 1.807) is 13.8 Å². The molecule has 4 N–H and O–H groups in total. The summed E-state index contributed by atoms with van der Waals surface area (Å²) in [5.74, 6) is -0.257. The topological polar surface area (TPSA) is 158 Å². The molecule has 5 heterocycles. The number of carbonyl (C=O) groups excluding carboxylic acids is 3. The largest absolute Gasteiger partial charge is 0.469 e. The number of esters is 1. The first-order valence-corrected chi connectivity index (χ1v) is 15.4. The van der Waals surface area contributed by atoms with Crippen molar-refractivity contribution in [1.82, 2.24) is 19.9 Å². The summed E-state index contributed by atoms with van der Waals surface area (Å²) < 4.78 is 4.95. The zero-order valence-corrected chi connectivity index (χ0v) is 27.7. The molecule has 46 heavy (non-hydrogen) atoms. The number of carbonyl (C=O) groups is 1. The number of allylic oxidation sites excluding steroid dienone is 2. The van der Waals surface area contributed by atoms with Gasteiger partial charge < -0.3 is 24.9 Å². The van der Waals surface area contributed by atoms with Gasteiger partial charge in [0.15, 0.2) is 0 Å². The normalized spacial score (nSPS) is 14.0. The number of nitrogens with one attached hydrogen (secondary N) is 2. The first-order valence-electron chi connectivity index (χ1n) is 15.4. The molecule has 242 valence electrons. The van der Waals surface area contributed by atoms with E-state index < -0.39 is 12.2 Å². The molecule has 0 amide bonds. The molecule has 0 spiro atoms. The monoisotopic (exact) mass is 626 g/mol. The first kappa shape index (κ1) is 34.2. The minimum atomic E-state index is -0.742. The van der Waals surface area contributed by atoms with Crippen LogP contribution in [0.15, 0.2) is 24.3 Å². The third kappa shape index (κ3) is 6.65. The predicted molar refractivity (Wildman–Crippen MR) is 178 cm³/mol. The van der Waals surface area contributed by atoms with Crippen molar-refractivity contribution in [2.75, 3.05) is 7.11 Å². The fourth-order valence-electron chi connectivity index (χ4n) is 6.43. The van der Waals surface area contributed by atoms with E-state index in [4.69, 9.17) is 24.3 Å². The summed E-state index contributed by atoms with van der Waals surface area (Å²) in [4.78, 5) is 45.6. The maximum Gasteiger partial charge on any atom is 0.373 e. The predicted octanol–water partition coefficient (Wildman–Crippen LogP) is 6.03. The molecule has 3 aromatic heterocycles. The van der Waals surface area contributed by atoms with Crippen LogP contribution in [-0.4, -0.2) is 61.6 Å². The van der Waals surface area contributed by atoms with Crippen molar-refractivity contribution >= 4 is 56.5 Å². The number of fused-ring (bicyclic) bond motifs is 8. The van der Waals surface area contributed by atoms with Crippen molar-refractivity contribution in [3.05, 3.63) is 69.3 Å². The number of nitrogens with zero attached hydrogens (tertiary/aromatic N) is 2. The molecule has 0 fully saturated rings. The van der Waals surface area contributed by atoms with Crippen molar-refractivity contribution in [2.45, 2.75) is 86.4 Å². The van der Waals surface area contributed by atoms with Gasteiger partial charge in [0.2, 0.25) is 0 Å². The molecule has 2 aliphatic heterocycles. The van der Waals surface area contributed by atoms with E-state index in [1.165, 1.54) is 12.7 Å². The van der Waals surface area contributed by atoms with Crippen molar-refractivity contribution in [3.63, 3.8) is 0 Å². The molecule has 0 aromatic carbocycles. The second-order valence-electron chi connectivity index (χ2n) is 11.8. The highest BCUT2D eigenvalue weighted by Gasteiger charge is 2.25. The van der Waals surface area contributed by atoms with Gasteiger partial charge in [-0.1, -0.05) is 13.3 Å². The SMILES string of the molecule is CCCc1c(C)c2cc3nc(cc4nc(cc5[nH]c(cc1[nH]2)c(CCC(=O)OC)c5C)C(C(C)O)=C4C)C(C(C)O)=C3C.O=C=O. The minimum absolute atomic E-state index is 0.250. The molecule has 10 nitrogen and oxygen atoms in total. The first-order chi connectivity index (χ1) is 21.9. The van der Waals surface area contributed by atoms with Gasteiger partial charge in [-0.2, -0.15) is 9.59 Å². The van der Waals surface area contributed by atoms with Gasteiger partial charge >= 0.3 is 12.1 Å². The number of aliphatic hydroxyl groups excluding tert-OH is 2. The average Bonchev–Trinajstić information content (AvgIpc) is 3.66. The van der Waals surface area contributed by atoms with E-state index in [1.807, 2.05) is 32.9 Å². The van der Waals surface area contributed by atoms with Gasteiger partial charge in [-0.15, -0.1) is 0 Å². The van der Waals surface area contributed by atoms with Crippen LogP contribution >= 0.6 is 0 Å². The number of aromatic amines is 2. The van der Waals surface area contributed by atoms with E-state index in [2.05, 4.69) is 35.9 Å². The summed E-state index contributed by atoms with van der Waals surface area (Å²) in [6.45, 7) is 13.8. The Morgan fingerprint density at radius 2 is 1.20 bits per heavy atom. The summed E-state index contributed by atoms with van der Waals surface area (Å²) in [7, 11) is 1.41. The van der Waals surface area contributed by atoms with Gasteiger partial charge in [0.1, 0.15) is 0 Å². The molecule has 5 rings (SSSR count). The second-order valence-corrected chi connectivity index (χ2v) is 11.8. The molecule has 0 saturated heterocycles. The van der Waals surface area contributed by atoms with Crippen LogP contribution in [0.3, 0.4) is 0 Å². The molecule has 3 aromatic rings. The number of aromatic nitrogens is 4. The van der Waals surface area contributed by atoms with Crippen LogP contribution in [0, 0.1) is 13.8 Å². The third-order valence-corrected chi connectivity index (χ3v) is 8.78. The van der Waals surface area contributed by atoms with E-state index in [9.17, 15) is 15.0 Å². The van der Waals surface area contributed by atoms with Crippen LogP contribution in [0.5, 0.6) is 0 Å². The summed E-state index contributed by atoms with van der Waals surface area (Å²) >= 11 is 0. The number of aliphatic hydroxyl groups is 2. The van der Waals surface area contributed by atoms with Crippen molar-refractivity contribution in [3.8, 4) is 0 Å². The summed E-state index contributed by atoms with van der Waals surface area (Å²) in [6.07, 6.45) is 1.47. The molecule has 0 aliphatic carbocycles. The van der Waals surface area contributed by atoms with E-state index in [0.717, 1.165) is 79.6 Å². The Balaban J connectivity index is 0.00000154. The molecular formula is C36H42N4O6. The minimum Gasteiger partial charge on any atom is -0.469 e. The smallest absolute Gasteiger partial charge is 0.373 e. The lowest BCUT2D eigenvalue weighted by Gasteiger charge is -2.08. The Kier molecular flexibility index (Phi) is 10.6. The van der Waals surface area contributed by atoms with Gasteiger partial charge in [-0.3, -0.25) is 4.79 Å². The van der Waals surface area contributed by atoms with Crippen LogP contribution in [-0.2, 0) is 32.0 Å². The lowest BCUT2D eigenvalue weighted by Crippen LogP contribution is -2.03. The lowest BCUT2D eigenvalue weighted by molar-refractivity contribution is -0.191. The number of aryl methyl sites for hydroxylation is 4. The van der Waals surface area contributed by atoms with Gasteiger partial charge in [0.25, 0.3) is 0 Å². The quantitative estimate of drug-likeness (QED) is 0.232. The molecule has 2 aliphatic rings. The van der Waals surface area contributed by atoms with Crippen molar-refractivity contribution in [1.29, 1.82) is 0 Å². The van der Waals surface area contributed by atoms with E-state index >= 15 is 0 Å². The van der Waals surface area contributed by atoms with E-state index in [0.29, 0.717) is 23.5 Å². The molecule has 0 radical (unpaired) electrons. The zero-order valence-electron chi connectivity index (χ0n) is 27.7. The fourth-order valence-corrected chi connectivity index (χ4v) is 6.43. The van der Waals surface area contributed by atoms with Crippen LogP contribution in [0.1, 0.15) is 92.5 Å². The molecule has 2 atom stereocenters. The number of hydrogen-bond acceptors (Lipinski definition) is 8. The molecule has 0 saturated carbocycles. The number of hydrogen-bond donors (Lipinski definition) is 4. The summed E-state index contributed by atoms with van der Waals surface area (Å²) in [6, 6.07) is 8.08. The molecule has 2 unspecified atom stereocenters. The van der Waals surface area contributed by atoms with Gasteiger partial charge in [-0.05, 0) is 112 Å². The highest BCUT2D eigenvalue weighted by Crippen LogP contribution is 2.37. The standard InChI is InChI=1S/C35H42N4O4.CO2/c1-9-10-23-17(2)25-13-27-19(4)34(21(6)40)32(38-27)15-28-20(5)35(22(7)41)31(39-28)14-26-18(3)24(11-12-33(42)43-8)30(37-26)16-29(23)36-25;2-1-3/h13-16,21-22,36-37,40-41H,9-12H2,1-8H3;. The third-order valence-electron chi connectivity index (χ3n) is 8.78. The van der Waals surface area contributed by atoms with Crippen LogP contribution in [0.2, 0.25) is 0 Å². The maximum atomic E-state index is 12.1. The van der Waals surface area contributed by atoms with Crippen LogP contribution < -0.4 is 0 Å². The fraction of sp³-hybridized carbons (Fsp3) is 0.389. The highest BCUT2D eigenvalue weighted by atomic mass is 16.5. The van der Waals surface area contributed by atoms with Gasteiger partial charge in [0, 0.05) is 39.6 Å². The zero-order chi connectivity index (χ0) is 33.9. The summed E-state index contributed by atoms with van der Waals surface area (Å²) in [5.41, 5.74) is 14.3. The lowest BCUT2D eigenvalue weighted by atomic mass is 9.99. The van der Waals surface area contributed by atoms with E-state index in [-0.39, 0.29) is 18.5 Å². The Morgan fingerprint density at radius 1 is 0.761 bits per heavy atom. The Labute approximate surface area is 268 Å². The number of ether oxygens (including phenoxy) is 1.